The zero-order valence-corrected chi connectivity index (χ0v) is 13.2. The molecule has 0 aliphatic heterocycles. The molecule has 0 aliphatic carbocycles. The Hall–Kier alpha value is -3.41. The van der Waals surface area contributed by atoms with E-state index in [2.05, 4.69) is 9.97 Å². The van der Waals surface area contributed by atoms with Crippen LogP contribution in [0.5, 0.6) is 5.75 Å². The van der Waals surface area contributed by atoms with Crippen molar-refractivity contribution in [3.05, 3.63) is 78.5 Å². The van der Waals surface area contributed by atoms with Gasteiger partial charge in [0.1, 0.15) is 23.5 Å². The van der Waals surface area contributed by atoms with Gasteiger partial charge in [0.25, 0.3) is 0 Å². The fraction of sp³-hybridized carbons (Fsp3) is 0. The predicted molar refractivity (Wildman–Crippen MR) is 91.9 cm³/mol. The minimum Gasteiger partial charge on any atom is -0.503 e. The maximum absolute atomic E-state index is 15.1. The molecule has 3 nitrogen and oxygen atoms in total. The van der Waals surface area contributed by atoms with Crippen molar-refractivity contribution >= 4 is 10.9 Å². The Kier molecular flexibility index (Phi) is 3.80. The van der Waals surface area contributed by atoms with Gasteiger partial charge in [-0.15, -0.1) is 0 Å². The molecule has 26 heavy (non-hydrogen) atoms. The minimum absolute atomic E-state index is 0.0442. The van der Waals surface area contributed by atoms with Crippen LogP contribution < -0.4 is 0 Å². The van der Waals surface area contributed by atoms with Crippen LogP contribution >= 0.6 is 0 Å². The van der Waals surface area contributed by atoms with Crippen molar-refractivity contribution in [3.8, 4) is 28.0 Å². The highest BCUT2D eigenvalue weighted by Crippen LogP contribution is 2.43. The van der Waals surface area contributed by atoms with Gasteiger partial charge < -0.3 is 5.11 Å². The molecule has 4 aromatic rings. The molecule has 0 saturated carbocycles. The van der Waals surface area contributed by atoms with E-state index in [0.717, 1.165) is 0 Å². The lowest BCUT2D eigenvalue weighted by molar-refractivity contribution is 0.439. The van der Waals surface area contributed by atoms with Crippen LogP contribution in [-0.4, -0.2) is 15.1 Å². The molecule has 0 atom stereocenters. The number of hydrogen-bond acceptors (Lipinski definition) is 3. The van der Waals surface area contributed by atoms with E-state index in [0.29, 0.717) is 22.1 Å². The number of halogens is 3. The molecule has 6 heteroatoms. The lowest BCUT2D eigenvalue weighted by Crippen LogP contribution is -1.96. The number of phenolic OH excluding ortho intramolecular Hbond substituents is 1. The molecule has 1 heterocycles. The fourth-order valence-electron chi connectivity index (χ4n) is 2.97. The molecule has 0 unspecified atom stereocenters. The van der Waals surface area contributed by atoms with Crippen molar-refractivity contribution in [1.29, 1.82) is 0 Å². The van der Waals surface area contributed by atoms with E-state index < -0.39 is 23.2 Å². The third-order valence-corrected chi connectivity index (χ3v) is 4.15. The summed E-state index contributed by atoms with van der Waals surface area (Å²) < 4.78 is 41.7. The molecule has 0 fully saturated rings. The van der Waals surface area contributed by atoms with Gasteiger partial charge in [-0.1, -0.05) is 24.3 Å². The second-order valence-electron chi connectivity index (χ2n) is 5.71. The number of aromatic nitrogens is 2. The Bertz CT molecular complexity index is 1110. The Morgan fingerprint density at radius 3 is 1.85 bits per heavy atom. The first-order valence-electron chi connectivity index (χ1n) is 7.72. The highest BCUT2D eigenvalue weighted by Gasteiger charge is 2.22. The van der Waals surface area contributed by atoms with Crippen molar-refractivity contribution < 1.29 is 18.3 Å². The first kappa shape index (κ1) is 16.1. The van der Waals surface area contributed by atoms with E-state index >= 15 is 4.39 Å². The first-order chi connectivity index (χ1) is 12.6. The minimum atomic E-state index is -0.887. The highest BCUT2D eigenvalue weighted by atomic mass is 19.1. The quantitative estimate of drug-likeness (QED) is 0.547. The molecular formula is C20H11F3N2O. The summed E-state index contributed by atoms with van der Waals surface area (Å²) in [5, 5.41) is 10.7. The zero-order valence-electron chi connectivity index (χ0n) is 13.2. The number of phenols is 1. The van der Waals surface area contributed by atoms with Crippen LogP contribution in [0.3, 0.4) is 0 Å². The molecule has 1 aromatic heterocycles. The van der Waals surface area contributed by atoms with E-state index in [1.807, 2.05) is 0 Å². The van der Waals surface area contributed by atoms with Crippen molar-refractivity contribution in [2.45, 2.75) is 0 Å². The van der Waals surface area contributed by atoms with Gasteiger partial charge in [-0.05, 0) is 35.4 Å². The van der Waals surface area contributed by atoms with Gasteiger partial charge in [0, 0.05) is 22.7 Å². The van der Waals surface area contributed by atoms with Gasteiger partial charge in [0.2, 0.25) is 0 Å². The van der Waals surface area contributed by atoms with Gasteiger partial charge in [0.15, 0.2) is 11.6 Å². The lowest BCUT2D eigenvalue weighted by Gasteiger charge is -2.16. The van der Waals surface area contributed by atoms with E-state index in [1.165, 1.54) is 61.1 Å². The maximum Gasteiger partial charge on any atom is 0.178 e. The van der Waals surface area contributed by atoms with E-state index in [4.69, 9.17) is 0 Å². The predicted octanol–water partition coefficient (Wildman–Crippen LogP) is 5.09. The Labute approximate surface area is 146 Å². The number of hydrogen-bond donors (Lipinski definition) is 1. The summed E-state index contributed by atoms with van der Waals surface area (Å²) in [4.78, 5) is 7.92. The largest absolute Gasteiger partial charge is 0.503 e. The standard InChI is InChI=1S/C20H11F3N2O/c21-13-5-1-11(2-6-13)16-15-9-24-10-25-19(15)20(26)18(23)17(16)12-3-7-14(22)8-4-12/h1-10,26H. The molecule has 1 N–H and O–H groups in total. The highest BCUT2D eigenvalue weighted by molar-refractivity contribution is 6.05. The van der Waals surface area contributed by atoms with Crippen LogP contribution in [0.4, 0.5) is 13.2 Å². The molecule has 0 spiro atoms. The molecule has 128 valence electrons. The summed E-state index contributed by atoms with van der Waals surface area (Å²) in [6, 6.07) is 10.7. The summed E-state index contributed by atoms with van der Waals surface area (Å²) >= 11 is 0. The molecule has 3 aromatic carbocycles. The molecule has 0 amide bonds. The summed E-state index contributed by atoms with van der Waals surface area (Å²) in [5.41, 5.74) is 1.38. The molecule has 0 bridgehead atoms. The van der Waals surface area contributed by atoms with Gasteiger partial charge in [0.05, 0.1) is 0 Å². The number of fused-ring (bicyclic) bond motifs is 1. The van der Waals surface area contributed by atoms with Crippen molar-refractivity contribution in [3.63, 3.8) is 0 Å². The van der Waals surface area contributed by atoms with Crippen LogP contribution in [0.1, 0.15) is 0 Å². The summed E-state index contributed by atoms with van der Waals surface area (Å²) in [5.74, 6) is -2.41. The SMILES string of the molecule is Oc1c(F)c(-c2ccc(F)cc2)c(-c2ccc(F)cc2)c2cncnc12. The van der Waals surface area contributed by atoms with Crippen LogP contribution in [0, 0.1) is 17.5 Å². The number of nitrogens with zero attached hydrogens (tertiary/aromatic N) is 2. The van der Waals surface area contributed by atoms with E-state index in [9.17, 15) is 13.9 Å². The second-order valence-corrected chi connectivity index (χ2v) is 5.71. The van der Waals surface area contributed by atoms with E-state index in [-0.39, 0.29) is 11.1 Å². The van der Waals surface area contributed by atoms with Crippen molar-refractivity contribution in [1.82, 2.24) is 9.97 Å². The third kappa shape index (κ3) is 2.56. The maximum atomic E-state index is 15.1. The number of aromatic hydroxyl groups is 1. The van der Waals surface area contributed by atoms with Crippen LogP contribution in [0.25, 0.3) is 33.2 Å². The first-order valence-corrected chi connectivity index (χ1v) is 7.72. The lowest BCUT2D eigenvalue weighted by atomic mass is 9.90. The number of rotatable bonds is 2. The van der Waals surface area contributed by atoms with Gasteiger partial charge in [-0.2, -0.15) is 0 Å². The molecule has 0 radical (unpaired) electrons. The smallest absolute Gasteiger partial charge is 0.178 e. The topological polar surface area (TPSA) is 46.0 Å². The monoisotopic (exact) mass is 352 g/mol. The zero-order chi connectivity index (χ0) is 18.3. The third-order valence-electron chi connectivity index (χ3n) is 4.15. The average Bonchev–Trinajstić information content (AvgIpc) is 2.66. The molecule has 4 rings (SSSR count). The van der Waals surface area contributed by atoms with Crippen molar-refractivity contribution in [2.75, 3.05) is 0 Å². The summed E-state index contributed by atoms with van der Waals surface area (Å²) in [6.07, 6.45) is 2.65. The fourth-order valence-corrected chi connectivity index (χ4v) is 2.97. The van der Waals surface area contributed by atoms with Gasteiger partial charge in [-0.25, -0.2) is 23.1 Å². The van der Waals surface area contributed by atoms with E-state index in [1.54, 1.807) is 0 Å². The van der Waals surface area contributed by atoms with Gasteiger partial charge in [-0.3, -0.25) is 0 Å². The van der Waals surface area contributed by atoms with Crippen molar-refractivity contribution in [2.24, 2.45) is 0 Å². The van der Waals surface area contributed by atoms with Gasteiger partial charge >= 0.3 is 0 Å². The summed E-state index contributed by atoms with van der Waals surface area (Å²) in [7, 11) is 0. The Morgan fingerprint density at radius 2 is 1.27 bits per heavy atom. The average molecular weight is 352 g/mol. The second kappa shape index (κ2) is 6.15. The summed E-state index contributed by atoms with van der Waals surface area (Å²) in [6.45, 7) is 0. The Morgan fingerprint density at radius 1 is 0.731 bits per heavy atom. The molecule has 0 saturated heterocycles. The van der Waals surface area contributed by atoms with Crippen LogP contribution in [-0.2, 0) is 0 Å². The number of benzene rings is 3. The van der Waals surface area contributed by atoms with Crippen LogP contribution in [0.2, 0.25) is 0 Å². The normalized spacial score (nSPS) is 11.0. The molecule has 0 aliphatic rings. The van der Waals surface area contributed by atoms with Crippen LogP contribution in [0.15, 0.2) is 61.1 Å². The molecular weight excluding hydrogens is 341 g/mol. The Balaban J connectivity index is 2.15.